The molecule has 0 heterocycles. The van der Waals surface area contributed by atoms with Crippen molar-refractivity contribution in [3.8, 4) is 11.8 Å². The molecule has 5 nitrogen and oxygen atoms in total. The zero-order valence-corrected chi connectivity index (χ0v) is 17.0. The molecule has 0 saturated heterocycles. The van der Waals surface area contributed by atoms with Gasteiger partial charge in [0.1, 0.15) is 17.4 Å². The zero-order valence-electron chi connectivity index (χ0n) is 16.3. The highest BCUT2D eigenvalue weighted by molar-refractivity contribution is 6.31. The van der Waals surface area contributed by atoms with E-state index >= 15 is 0 Å². The number of aryl methyl sites for hydroxylation is 1. The molecule has 2 rings (SSSR count). The summed E-state index contributed by atoms with van der Waals surface area (Å²) in [5.74, 6) is 0.319. The van der Waals surface area contributed by atoms with Gasteiger partial charge in [0.15, 0.2) is 0 Å². The van der Waals surface area contributed by atoms with Gasteiger partial charge in [0.05, 0.1) is 12.6 Å². The van der Waals surface area contributed by atoms with Crippen molar-refractivity contribution in [1.82, 2.24) is 10.6 Å². The predicted molar refractivity (Wildman–Crippen MR) is 111 cm³/mol. The molecule has 6 heteroatoms. The Morgan fingerprint density at radius 3 is 2.75 bits per heavy atom. The van der Waals surface area contributed by atoms with Gasteiger partial charge in [-0.1, -0.05) is 47.5 Å². The third-order valence-corrected chi connectivity index (χ3v) is 4.54. The summed E-state index contributed by atoms with van der Waals surface area (Å²) >= 11 is 6.09. The van der Waals surface area contributed by atoms with E-state index in [9.17, 15) is 10.1 Å². The SMILES string of the molecule is CCOc1ccc(C)cc1C(C)N/C=C(/C#N)C(=O)NCc1ccccc1Cl. The van der Waals surface area contributed by atoms with Crippen molar-refractivity contribution < 1.29 is 9.53 Å². The van der Waals surface area contributed by atoms with Crippen LogP contribution in [0, 0.1) is 18.3 Å². The van der Waals surface area contributed by atoms with Crippen LogP contribution in [0.3, 0.4) is 0 Å². The summed E-state index contributed by atoms with van der Waals surface area (Å²) in [6.45, 7) is 6.69. The van der Waals surface area contributed by atoms with E-state index in [2.05, 4.69) is 10.6 Å². The summed E-state index contributed by atoms with van der Waals surface area (Å²) in [6.07, 6.45) is 1.44. The van der Waals surface area contributed by atoms with Gasteiger partial charge in [0.25, 0.3) is 5.91 Å². The maximum absolute atomic E-state index is 12.3. The Hall–Kier alpha value is -2.97. The van der Waals surface area contributed by atoms with E-state index in [1.54, 1.807) is 6.07 Å². The van der Waals surface area contributed by atoms with Gasteiger partial charge in [-0.3, -0.25) is 4.79 Å². The molecule has 0 saturated carbocycles. The molecule has 146 valence electrons. The van der Waals surface area contributed by atoms with Gasteiger partial charge >= 0.3 is 0 Å². The van der Waals surface area contributed by atoms with Crippen LogP contribution in [0.25, 0.3) is 0 Å². The molecule has 1 amide bonds. The Morgan fingerprint density at radius 2 is 2.07 bits per heavy atom. The van der Waals surface area contributed by atoms with Gasteiger partial charge in [-0.25, -0.2) is 0 Å². The van der Waals surface area contributed by atoms with Crippen LogP contribution in [0.1, 0.15) is 36.6 Å². The van der Waals surface area contributed by atoms with Gasteiger partial charge < -0.3 is 15.4 Å². The van der Waals surface area contributed by atoms with Gasteiger partial charge in [-0.15, -0.1) is 0 Å². The fraction of sp³-hybridized carbons (Fsp3) is 0.273. The molecule has 0 aliphatic heterocycles. The number of nitriles is 1. The number of carbonyl (C=O) groups excluding carboxylic acids is 1. The van der Waals surface area contributed by atoms with Gasteiger partial charge in [0.2, 0.25) is 0 Å². The topological polar surface area (TPSA) is 74.1 Å². The average molecular weight is 398 g/mol. The number of nitrogens with zero attached hydrogens (tertiary/aromatic N) is 1. The van der Waals surface area contributed by atoms with E-state index in [1.165, 1.54) is 6.20 Å². The molecule has 0 aliphatic rings. The maximum Gasteiger partial charge on any atom is 0.263 e. The molecule has 2 N–H and O–H groups in total. The normalized spacial score (nSPS) is 12.0. The average Bonchev–Trinajstić information content (AvgIpc) is 2.69. The molecule has 0 bridgehead atoms. The van der Waals surface area contributed by atoms with E-state index in [1.807, 2.05) is 63.2 Å². The van der Waals surface area contributed by atoms with Crippen molar-refractivity contribution in [3.05, 3.63) is 76.0 Å². The summed E-state index contributed by atoms with van der Waals surface area (Å²) in [7, 11) is 0. The van der Waals surface area contributed by atoms with Crippen LogP contribution < -0.4 is 15.4 Å². The Bertz CT molecular complexity index is 903. The Morgan fingerprint density at radius 1 is 1.32 bits per heavy atom. The van der Waals surface area contributed by atoms with Crippen LogP contribution in [0.4, 0.5) is 0 Å². The predicted octanol–water partition coefficient (Wildman–Crippen LogP) is 4.42. The third-order valence-electron chi connectivity index (χ3n) is 4.17. The molecule has 0 spiro atoms. The molecule has 1 atom stereocenters. The number of hydrogen-bond donors (Lipinski definition) is 2. The first-order chi connectivity index (χ1) is 13.5. The van der Waals surface area contributed by atoms with Crippen molar-refractivity contribution in [2.75, 3.05) is 6.61 Å². The lowest BCUT2D eigenvalue weighted by molar-refractivity contribution is -0.117. The number of hydrogen-bond acceptors (Lipinski definition) is 4. The summed E-state index contributed by atoms with van der Waals surface area (Å²) in [6, 6.07) is 15.0. The lowest BCUT2D eigenvalue weighted by Crippen LogP contribution is -2.26. The lowest BCUT2D eigenvalue weighted by Gasteiger charge is -2.18. The number of nitrogens with one attached hydrogen (secondary N) is 2. The van der Waals surface area contributed by atoms with E-state index in [-0.39, 0.29) is 18.2 Å². The molecule has 2 aromatic rings. The third kappa shape index (κ3) is 5.77. The first-order valence-electron chi connectivity index (χ1n) is 9.07. The molecule has 2 aromatic carbocycles. The highest BCUT2D eigenvalue weighted by Gasteiger charge is 2.13. The number of carbonyl (C=O) groups is 1. The number of rotatable bonds is 8. The van der Waals surface area contributed by atoms with Crippen LogP contribution in [-0.2, 0) is 11.3 Å². The minimum Gasteiger partial charge on any atom is -0.494 e. The summed E-state index contributed by atoms with van der Waals surface area (Å²) in [4.78, 5) is 12.3. The van der Waals surface area contributed by atoms with Gasteiger partial charge in [0, 0.05) is 23.3 Å². The van der Waals surface area contributed by atoms with Crippen LogP contribution >= 0.6 is 11.6 Å². The Kier molecular flexibility index (Phi) is 7.91. The van der Waals surface area contributed by atoms with E-state index in [0.29, 0.717) is 11.6 Å². The van der Waals surface area contributed by atoms with Crippen molar-refractivity contribution in [3.63, 3.8) is 0 Å². The molecule has 0 radical (unpaired) electrons. The summed E-state index contributed by atoms with van der Waals surface area (Å²) < 4.78 is 5.67. The standard InChI is InChI=1S/C22H24ClN3O2/c1-4-28-21-10-9-15(2)11-19(21)16(3)25-14-18(12-24)22(27)26-13-17-7-5-6-8-20(17)23/h5-11,14,16,25H,4,13H2,1-3H3,(H,26,27)/b18-14-. The van der Waals surface area contributed by atoms with Crippen LogP contribution in [0.2, 0.25) is 5.02 Å². The fourth-order valence-electron chi connectivity index (χ4n) is 2.65. The number of halogens is 1. The quantitative estimate of drug-likeness (QED) is 0.510. The van der Waals surface area contributed by atoms with Crippen LogP contribution in [0.5, 0.6) is 5.75 Å². The van der Waals surface area contributed by atoms with E-state index < -0.39 is 5.91 Å². The molecule has 1 unspecified atom stereocenters. The molecule has 0 fully saturated rings. The highest BCUT2D eigenvalue weighted by Crippen LogP contribution is 2.26. The van der Waals surface area contributed by atoms with Crippen LogP contribution in [0.15, 0.2) is 54.2 Å². The van der Waals surface area contributed by atoms with Crippen molar-refractivity contribution in [2.24, 2.45) is 0 Å². The largest absolute Gasteiger partial charge is 0.494 e. The number of benzene rings is 2. The Labute approximate surface area is 171 Å². The van der Waals surface area contributed by atoms with E-state index in [0.717, 1.165) is 22.4 Å². The molecular weight excluding hydrogens is 374 g/mol. The molecular formula is C22H24ClN3O2. The minimum absolute atomic E-state index is 0.00971. The number of amides is 1. The lowest BCUT2D eigenvalue weighted by atomic mass is 10.0. The smallest absolute Gasteiger partial charge is 0.263 e. The monoisotopic (exact) mass is 397 g/mol. The second-order valence-corrected chi connectivity index (χ2v) is 6.71. The van der Waals surface area contributed by atoms with Crippen molar-refractivity contribution >= 4 is 17.5 Å². The second kappa shape index (κ2) is 10.4. The highest BCUT2D eigenvalue weighted by atomic mass is 35.5. The summed E-state index contributed by atoms with van der Waals surface area (Å²) in [5.41, 5.74) is 2.85. The molecule has 28 heavy (non-hydrogen) atoms. The van der Waals surface area contributed by atoms with Crippen molar-refractivity contribution in [2.45, 2.75) is 33.4 Å². The maximum atomic E-state index is 12.3. The fourth-order valence-corrected chi connectivity index (χ4v) is 2.85. The minimum atomic E-state index is -0.462. The van der Waals surface area contributed by atoms with Crippen molar-refractivity contribution in [1.29, 1.82) is 5.26 Å². The van der Waals surface area contributed by atoms with E-state index in [4.69, 9.17) is 16.3 Å². The zero-order chi connectivity index (χ0) is 20.5. The molecule has 0 aromatic heterocycles. The molecule has 0 aliphatic carbocycles. The van der Waals surface area contributed by atoms with Gasteiger partial charge in [-0.05, 0) is 38.5 Å². The summed E-state index contributed by atoms with van der Waals surface area (Å²) in [5, 5.41) is 15.7. The second-order valence-electron chi connectivity index (χ2n) is 6.31. The first-order valence-corrected chi connectivity index (χ1v) is 9.45. The Balaban J connectivity index is 2.06. The number of ether oxygens (including phenoxy) is 1. The first kappa shape index (κ1) is 21.3. The van der Waals surface area contributed by atoms with Crippen LogP contribution in [-0.4, -0.2) is 12.5 Å². The van der Waals surface area contributed by atoms with Gasteiger partial charge in [-0.2, -0.15) is 5.26 Å².